The van der Waals surface area contributed by atoms with Crippen LogP contribution in [0.5, 0.6) is 0 Å². The molecule has 154 valence electrons. The minimum Gasteiger partial charge on any atom is -0.457 e. The molecule has 0 aliphatic carbocycles. The van der Waals surface area contributed by atoms with Crippen molar-refractivity contribution >= 4 is 5.97 Å². The molecule has 0 radical (unpaired) electrons. The molecule has 0 bridgehead atoms. The molecule has 1 aliphatic heterocycles. The zero-order valence-corrected chi connectivity index (χ0v) is 17.0. The van der Waals surface area contributed by atoms with Gasteiger partial charge in [-0.05, 0) is 19.3 Å². The van der Waals surface area contributed by atoms with Gasteiger partial charge in [0.15, 0.2) is 6.10 Å². The summed E-state index contributed by atoms with van der Waals surface area (Å²) in [4.78, 5) is 11.5. The third-order valence-electron chi connectivity index (χ3n) is 4.39. The summed E-state index contributed by atoms with van der Waals surface area (Å²) in [6.45, 7) is 10.6. The molecule has 3 unspecified atom stereocenters. The Morgan fingerprint density at radius 1 is 0.923 bits per heavy atom. The lowest BCUT2D eigenvalue weighted by Gasteiger charge is -2.41. The van der Waals surface area contributed by atoms with Crippen molar-refractivity contribution in [3.05, 3.63) is 0 Å². The first kappa shape index (κ1) is 23.3. The van der Waals surface area contributed by atoms with Crippen molar-refractivity contribution in [3.8, 4) is 0 Å². The Morgan fingerprint density at radius 3 is 2.08 bits per heavy atom. The van der Waals surface area contributed by atoms with E-state index in [0.717, 1.165) is 38.5 Å². The van der Waals surface area contributed by atoms with Gasteiger partial charge in [0.2, 0.25) is 0 Å². The van der Waals surface area contributed by atoms with E-state index in [9.17, 15) is 4.79 Å². The third kappa shape index (κ3) is 8.80. The van der Waals surface area contributed by atoms with Crippen molar-refractivity contribution in [2.75, 3.05) is 33.0 Å². The molecule has 1 heterocycles. The Labute approximate surface area is 158 Å². The van der Waals surface area contributed by atoms with Gasteiger partial charge < -0.3 is 23.7 Å². The average molecular weight is 375 g/mol. The van der Waals surface area contributed by atoms with Crippen LogP contribution < -0.4 is 0 Å². The highest BCUT2D eigenvalue weighted by Crippen LogP contribution is 2.25. The van der Waals surface area contributed by atoms with Gasteiger partial charge in [0, 0.05) is 26.7 Å². The van der Waals surface area contributed by atoms with Crippen LogP contribution in [-0.4, -0.2) is 63.4 Å². The second-order valence-corrected chi connectivity index (χ2v) is 6.83. The van der Waals surface area contributed by atoms with Crippen LogP contribution in [0.3, 0.4) is 0 Å². The standard InChI is InChI=1S/C20H38O6/c1-5-8-11-22-14-17-19(23-12-9-6-2)20(24-13-10-7-3)18(15-25-17)26-16(4)21/h17-20H,5-15H2,1-4H3/t17?,18?,19-,20?/m1/s1. The predicted molar refractivity (Wildman–Crippen MR) is 100 cm³/mol. The molecule has 0 aromatic rings. The molecule has 6 nitrogen and oxygen atoms in total. The van der Waals surface area contributed by atoms with E-state index in [0.29, 0.717) is 33.0 Å². The summed E-state index contributed by atoms with van der Waals surface area (Å²) in [6.07, 6.45) is 4.90. The zero-order chi connectivity index (χ0) is 19.2. The zero-order valence-electron chi connectivity index (χ0n) is 17.0. The van der Waals surface area contributed by atoms with Gasteiger partial charge >= 0.3 is 5.97 Å². The van der Waals surface area contributed by atoms with E-state index in [-0.39, 0.29) is 24.3 Å². The molecule has 1 rings (SSSR count). The maximum atomic E-state index is 11.5. The van der Waals surface area contributed by atoms with Crippen LogP contribution in [0.1, 0.15) is 66.2 Å². The van der Waals surface area contributed by atoms with Crippen molar-refractivity contribution in [2.45, 2.75) is 90.6 Å². The molecular weight excluding hydrogens is 336 g/mol. The molecule has 0 amide bonds. The third-order valence-corrected chi connectivity index (χ3v) is 4.39. The average Bonchev–Trinajstić information content (AvgIpc) is 2.61. The van der Waals surface area contributed by atoms with E-state index < -0.39 is 6.10 Å². The predicted octanol–water partition coefficient (Wildman–Crippen LogP) is 3.50. The van der Waals surface area contributed by atoms with E-state index in [4.69, 9.17) is 23.7 Å². The number of carbonyl (C=O) groups is 1. The first-order chi connectivity index (χ1) is 12.6. The van der Waals surface area contributed by atoms with Crippen molar-refractivity contribution in [2.24, 2.45) is 0 Å². The Hall–Kier alpha value is -0.690. The summed E-state index contributed by atoms with van der Waals surface area (Å²) >= 11 is 0. The maximum Gasteiger partial charge on any atom is 0.303 e. The van der Waals surface area contributed by atoms with Crippen LogP contribution in [0.2, 0.25) is 0 Å². The summed E-state index contributed by atoms with van der Waals surface area (Å²) in [5, 5.41) is 0. The Bertz CT molecular complexity index is 362. The minimum atomic E-state index is -0.442. The molecule has 1 fully saturated rings. The molecule has 0 saturated carbocycles. The number of unbranched alkanes of at least 4 members (excludes halogenated alkanes) is 3. The maximum absolute atomic E-state index is 11.5. The Kier molecular flexibility index (Phi) is 12.9. The van der Waals surface area contributed by atoms with Gasteiger partial charge in [0.1, 0.15) is 18.3 Å². The fraction of sp³-hybridized carbons (Fsp3) is 0.950. The lowest BCUT2D eigenvalue weighted by atomic mass is 9.99. The van der Waals surface area contributed by atoms with E-state index in [2.05, 4.69) is 20.8 Å². The second-order valence-electron chi connectivity index (χ2n) is 6.83. The monoisotopic (exact) mass is 374 g/mol. The van der Waals surface area contributed by atoms with Crippen LogP contribution in [0.15, 0.2) is 0 Å². The minimum absolute atomic E-state index is 0.206. The van der Waals surface area contributed by atoms with Crippen LogP contribution in [0, 0.1) is 0 Å². The van der Waals surface area contributed by atoms with Gasteiger partial charge in [-0.3, -0.25) is 4.79 Å². The molecular formula is C20H38O6. The van der Waals surface area contributed by atoms with Gasteiger partial charge in [0.05, 0.1) is 13.2 Å². The van der Waals surface area contributed by atoms with E-state index in [1.807, 2.05) is 0 Å². The summed E-state index contributed by atoms with van der Waals surface area (Å²) < 4.78 is 29.4. The molecule has 6 heteroatoms. The van der Waals surface area contributed by atoms with Gasteiger partial charge in [-0.1, -0.05) is 40.0 Å². The SMILES string of the molecule is CCCCOCC1OCC(OC(C)=O)C(OCCCC)[C@@H]1OCCCC. The molecule has 1 saturated heterocycles. The largest absolute Gasteiger partial charge is 0.457 e. The summed E-state index contributed by atoms with van der Waals surface area (Å²) in [5.74, 6) is -0.326. The topological polar surface area (TPSA) is 63.2 Å². The summed E-state index contributed by atoms with van der Waals surface area (Å²) in [6, 6.07) is 0. The number of rotatable bonds is 14. The first-order valence-electron chi connectivity index (χ1n) is 10.2. The quantitative estimate of drug-likeness (QED) is 0.342. The van der Waals surface area contributed by atoms with Crippen LogP contribution in [-0.2, 0) is 28.5 Å². The lowest BCUT2D eigenvalue weighted by molar-refractivity contribution is -0.236. The smallest absolute Gasteiger partial charge is 0.303 e. The highest BCUT2D eigenvalue weighted by atomic mass is 16.6. The fourth-order valence-electron chi connectivity index (χ4n) is 2.87. The van der Waals surface area contributed by atoms with E-state index in [1.165, 1.54) is 6.92 Å². The van der Waals surface area contributed by atoms with Gasteiger partial charge in [0.25, 0.3) is 0 Å². The highest BCUT2D eigenvalue weighted by Gasteiger charge is 2.43. The number of ether oxygens (including phenoxy) is 5. The van der Waals surface area contributed by atoms with Crippen LogP contribution in [0.25, 0.3) is 0 Å². The van der Waals surface area contributed by atoms with Gasteiger partial charge in [-0.25, -0.2) is 0 Å². The fourth-order valence-corrected chi connectivity index (χ4v) is 2.87. The number of hydrogen-bond acceptors (Lipinski definition) is 6. The van der Waals surface area contributed by atoms with Gasteiger partial charge in [-0.2, -0.15) is 0 Å². The number of hydrogen-bond donors (Lipinski definition) is 0. The summed E-state index contributed by atoms with van der Waals surface area (Å²) in [7, 11) is 0. The highest BCUT2D eigenvalue weighted by molar-refractivity contribution is 5.66. The molecule has 0 aromatic heterocycles. The van der Waals surface area contributed by atoms with Crippen molar-refractivity contribution in [3.63, 3.8) is 0 Å². The van der Waals surface area contributed by atoms with Crippen molar-refractivity contribution < 1.29 is 28.5 Å². The van der Waals surface area contributed by atoms with E-state index in [1.54, 1.807) is 0 Å². The molecule has 26 heavy (non-hydrogen) atoms. The molecule has 0 aromatic carbocycles. The molecule has 0 spiro atoms. The molecule has 4 atom stereocenters. The number of carbonyl (C=O) groups excluding carboxylic acids is 1. The van der Waals surface area contributed by atoms with Crippen LogP contribution >= 0.6 is 0 Å². The second kappa shape index (κ2) is 14.4. The number of esters is 1. The molecule has 0 N–H and O–H groups in total. The van der Waals surface area contributed by atoms with Gasteiger partial charge in [-0.15, -0.1) is 0 Å². The van der Waals surface area contributed by atoms with Crippen molar-refractivity contribution in [1.29, 1.82) is 0 Å². The normalized spacial score (nSPS) is 26.0. The first-order valence-corrected chi connectivity index (χ1v) is 10.2. The summed E-state index contributed by atoms with van der Waals surface area (Å²) in [5.41, 5.74) is 0. The Morgan fingerprint density at radius 2 is 1.50 bits per heavy atom. The Balaban J connectivity index is 2.77. The van der Waals surface area contributed by atoms with E-state index >= 15 is 0 Å². The lowest BCUT2D eigenvalue weighted by Crippen LogP contribution is -2.58. The molecule has 1 aliphatic rings. The van der Waals surface area contributed by atoms with Crippen LogP contribution in [0.4, 0.5) is 0 Å². The van der Waals surface area contributed by atoms with Crippen molar-refractivity contribution in [1.82, 2.24) is 0 Å².